The fourth-order valence-electron chi connectivity index (χ4n) is 7.56. The fourth-order valence-corrected chi connectivity index (χ4v) is 8.30. The smallest absolute Gasteiger partial charge is 0.461 e. The van der Waals surface area contributed by atoms with Crippen LogP contribution in [0.4, 0.5) is 73.9 Å². The molecule has 0 aliphatic rings. The van der Waals surface area contributed by atoms with E-state index in [0.717, 1.165) is 60.1 Å². The number of ether oxygens (including phenoxy) is 1. The van der Waals surface area contributed by atoms with Gasteiger partial charge in [-0.25, -0.2) is 4.79 Å². The van der Waals surface area contributed by atoms with Crippen LogP contribution in [0.25, 0.3) is 39.8 Å². The standard InChI is InChI=1S/C15H16N3.C10H14N3.2C8H10N3.C7H6N3O2.C7H7N2.C6H5N2O2S.C6H4N2O.6CH4.2Y/c1-2-18(12-13-6-4-3-5-7-13)15-10-8-14(17-16)9-11-15;1-3-13(4-2)10-7-5-9(12-11)6-8-10;2*1-11(2)8-5-3-7(10-9)4-6-8;1-5-2-3-6(9-8)7(4-5)10(11)12;1-6-4-2-3-5-7(6)9-8;1-10-6(9)5-4(8-7)2-3-11-5;7-8-5-1-3-6(9)4-2-5;;;;;;;;/h3-11H,2,12H2,1H3;5-8H,3-4H2,1-2H3;2*3-6H,1-2H3;2-4H,1H3;2-5H,1H3;2-3H,1H3;1-4H;6*1H4;;/q7*+1;;;;;;;;;/p+1. The molecule has 528 valence electrons. The third-order valence-corrected chi connectivity index (χ3v) is 13.6. The maximum atomic E-state index is 10.9. The number of aryl methyl sites for hydroxylation is 2. The predicted molar refractivity (Wildman–Crippen MR) is 412 cm³/mol. The van der Waals surface area contributed by atoms with E-state index >= 15 is 0 Å². The molecule has 0 bridgehead atoms. The second-order valence-electron chi connectivity index (χ2n) is 19.5. The Balaban J connectivity index is -0.000000202. The van der Waals surface area contributed by atoms with Crippen LogP contribution in [0.3, 0.4) is 0 Å². The van der Waals surface area contributed by atoms with E-state index in [1.807, 2.05) is 130 Å². The van der Waals surface area contributed by atoms with E-state index in [0.29, 0.717) is 39.0 Å². The van der Waals surface area contributed by atoms with Crippen LogP contribution in [-0.4, -0.2) is 70.9 Å². The van der Waals surface area contributed by atoms with E-state index in [1.165, 1.54) is 66.5 Å². The van der Waals surface area contributed by atoms with Crippen molar-refractivity contribution >= 4 is 91.2 Å². The largest absolute Gasteiger partial charge is 0.508 e. The topological polar surface area (TPSA) is 328 Å². The van der Waals surface area contributed by atoms with Crippen LogP contribution in [-0.2, 0) is 76.7 Å². The molecule has 0 unspecified atom stereocenters. The molecule has 8 aromatic carbocycles. The second-order valence-corrected chi connectivity index (χ2v) is 20.4. The minimum atomic E-state index is -0.581. The second kappa shape index (κ2) is 59.9. The molecule has 0 amide bonds. The van der Waals surface area contributed by atoms with Crippen molar-refractivity contribution < 1.29 is 85.0 Å². The van der Waals surface area contributed by atoms with E-state index < -0.39 is 10.9 Å². The zero-order valence-corrected chi connectivity index (χ0v) is 61.5. The molecule has 29 heteroatoms. The Kier molecular flexibility index (Phi) is 61.3. The number of thiophene rings is 1. The summed E-state index contributed by atoms with van der Waals surface area (Å²) in [5.41, 5.74) is 11.0. The summed E-state index contributed by atoms with van der Waals surface area (Å²) < 4.78 is 4.44. The predicted octanol–water partition coefficient (Wildman–Crippen LogP) is 24.3. The molecule has 0 aliphatic carbocycles. The minimum Gasteiger partial charge on any atom is -0.508 e. The zero-order chi connectivity index (χ0) is 69.8. The van der Waals surface area contributed by atoms with Crippen molar-refractivity contribution in [1.82, 2.24) is 0 Å². The third-order valence-electron chi connectivity index (χ3n) is 12.7. The van der Waals surface area contributed by atoms with Crippen LogP contribution >= 0.6 is 11.3 Å². The summed E-state index contributed by atoms with van der Waals surface area (Å²) >= 11 is 1.18. The normalized spacial score (nSPS) is 8.29. The Bertz CT molecular complexity index is 4090. The van der Waals surface area contributed by atoms with Gasteiger partial charge in [0.15, 0.2) is 39.8 Å². The van der Waals surface area contributed by atoms with Crippen molar-refractivity contribution in [3.05, 3.63) is 277 Å². The molecule has 1 heterocycles. The molecule has 0 atom stereocenters. The van der Waals surface area contributed by atoms with Gasteiger partial charge in [0.05, 0.1) is 12.0 Å². The van der Waals surface area contributed by atoms with Crippen LogP contribution in [0.1, 0.15) is 91.7 Å². The number of carbonyl (C=O) groups excluding carboxylic acids is 1. The van der Waals surface area contributed by atoms with Crippen LogP contribution in [0.15, 0.2) is 206 Å². The van der Waals surface area contributed by atoms with E-state index in [2.05, 4.69) is 99.4 Å². The van der Waals surface area contributed by atoms with Gasteiger partial charge in [0.25, 0.3) is 0 Å². The van der Waals surface area contributed by atoms with Crippen LogP contribution in [0, 0.1) is 67.1 Å². The van der Waals surface area contributed by atoms with Crippen molar-refractivity contribution in [2.24, 2.45) is 0 Å². The summed E-state index contributed by atoms with van der Waals surface area (Å²) in [5, 5.41) is 87.9. The summed E-state index contributed by atoms with van der Waals surface area (Å²) in [5.74, 6) is -0.310. The first kappa shape index (κ1) is 104. The van der Waals surface area contributed by atoms with Gasteiger partial charge in [-0.1, -0.05) is 99.2 Å². The Labute approximate surface area is 656 Å². The molecule has 2 radical (unpaired) electrons. The number of nitro benzene ring substituents is 1. The average Bonchev–Trinajstić information content (AvgIpc) is 1.17. The van der Waals surface area contributed by atoms with E-state index in [4.69, 9.17) is 48.2 Å². The summed E-state index contributed by atoms with van der Waals surface area (Å²) in [6, 6.07) is 59.3. The Morgan fingerprint density at radius 2 is 0.814 bits per heavy atom. The van der Waals surface area contributed by atoms with E-state index in [-0.39, 0.29) is 133 Å². The molecule has 102 heavy (non-hydrogen) atoms. The molecule has 0 saturated carbocycles. The fraction of sp³-hybridized carbons (Fsp3) is 0.274. The number of phenolic OH excluding ortho intramolecular Hbond substituents is 1. The van der Waals surface area contributed by atoms with Gasteiger partial charge < -0.3 is 29.4 Å². The Morgan fingerprint density at radius 1 is 0.461 bits per heavy atom. The first-order chi connectivity index (χ1) is 45.2. The number of benzene rings is 8. The van der Waals surface area contributed by atoms with Gasteiger partial charge in [0.2, 0.25) is 48.0 Å². The molecule has 9 aromatic rings. The van der Waals surface area contributed by atoms with Crippen molar-refractivity contribution in [2.45, 2.75) is 85.7 Å². The maximum Gasteiger partial charge on any atom is 0.461 e. The number of methoxy groups -OCH3 is 1. The Hall–Kier alpha value is -11.1. The van der Waals surface area contributed by atoms with Gasteiger partial charge in [-0.2, -0.15) is 0 Å². The first-order valence-electron chi connectivity index (χ1n) is 28.6. The van der Waals surface area contributed by atoms with Gasteiger partial charge in [0.1, 0.15) is 5.75 Å². The van der Waals surface area contributed by atoms with Gasteiger partial charge in [-0.3, -0.25) is 10.1 Å². The number of diazo groups is 8. The van der Waals surface area contributed by atoms with Gasteiger partial charge >= 0.3 is 57.2 Å². The molecule has 1 aromatic heterocycles. The molecule has 0 aliphatic heterocycles. The summed E-state index contributed by atoms with van der Waals surface area (Å²) in [6.07, 6.45) is 0. The molecule has 1 N–H and O–H groups in total. The van der Waals surface area contributed by atoms with E-state index in [9.17, 15) is 14.9 Å². The number of nitro groups is 1. The first-order valence-corrected chi connectivity index (χ1v) is 29.5. The number of esters is 1. The summed E-state index contributed by atoms with van der Waals surface area (Å²) in [4.78, 5) is 53.5. The zero-order valence-electron chi connectivity index (χ0n) is 55.0. The van der Waals surface area contributed by atoms with Crippen LogP contribution < -0.4 is 19.6 Å². The Morgan fingerprint density at radius 3 is 1.14 bits per heavy atom. The monoisotopic (exact) mass is 1560 g/mol. The quantitative estimate of drug-likeness (QED) is 0.0544. The number of aromatic hydroxyl groups is 1. The maximum absolute atomic E-state index is 10.9. The molecule has 0 fully saturated rings. The summed E-state index contributed by atoms with van der Waals surface area (Å²) in [7, 11) is 9.13. The van der Waals surface area contributed by atoms with E-state index in [1.54, 1.807) is 60.8 Å². The molecule has 26 nitrogen and oxygen atoms in total. The van der Waals surface area contributed by atoms with Gasteiger partial charge in [-0.15, -0.1) is 11.3 Å². The van der Waals surface area contributed by atoms with Crippen molar-refractivity contribution in [3.8, 4) is 5.75 Å². The van der Waals surface area contributed by atoms with Crippen molar-refractivity contribution in [1.29, 1.82) is 43.1 Å². The molecule has 0 spiro atoms. The number of rotatable bonds is 11. The minimum absolute atomic E-state index is 0. The number of hydrogen-bond acceptors (Lipinski definition) is 18. The van der Waals surface area contributed by atoms with Gasteiger partial charge in [-0.05, 0) is 112 Å². The molecular weight excluding hydrogens is 1460 g/mol. The van der Waals surface area contributed by atoms with Crippen LogP contribution in [0.2, 0.25) is 0 Å². The number of phenols is 1. The van der Waals surface area contributed by atoms with Crippen molar-refractivity contribution in [3.63, 3.8) is 0 Å². The average molecular weight is 1560 g/mol. The van der Waals surface area contributed by atoms with Crippen LogP contribution in [0.5, 0.6) is 5.75 Å². The molecule has 9 rings (SSSR count). The SMILES string of the molecule is C.C.C.C.C.C.CCN(CC)c1ccc([N+]#N)cc1.CCN(Cc1ccccc1)c1ccc([N+]#N)cc1.CN(C)c1ccc([N+]#N)cc1.CN(C)c1ccc([N+]#N)cc1.COC(=O)c1sccc1[N+]#N.Cc1ccc([N+]#N)c([N+](=O)[O-])c1.Cc1ccccc1[N+]#N.N#[N+]c1ccc(O)cc1.[Y].[Y]. The molecule has 0 saturated heterocycles. The third kappa shape index (κ3) is 38.9. The van der Waals surface area contributed by atoms with Crippen molar-refractivity contribution in [2.75, 3.05) is 74.5 Å². The molecular formula is C73H97N21O5SY2+8. The number of anilines is 4. The number of nitrogens with zero attached hydrogens (tertiary/aromatic N) is 21. The van der Waals surface area contributed by atoms with Gasteiger partial charge in [0, 0.05) is 233 Å². The number of hydrogen-bond donors (Lipinski definition) is 1. The summed E-state index contributed by atoms with van der Waals surface area (Å²) in [6.45, 7) is 13.8. The number of carbonyl (C=O) groups is 1.